The summed E-state index contributed by atoms with van der Waals surface area (Å²) in [5.74, 6) is -1.14. The van der Waals surface area contributed by atoms with Gasteiger partial charge in [-0.05, 0) is 47.7 Å². The van der Waals surface area contributed by atoms with Gasteiger partial charge in [-0.25, -0.2) is 0 Å². The molecule has 0 aromatic carbocycles. The molecule has 1 aromatic rings. The summed E-state index contributed by atoms with van der Waals surface area (Å²) < 4.78 is 0.659. The lowest BCUT2D eigenvalue weighted by Gasteiger charge is -2.26. The number of hydrogen-bond acceptors (Lipinski definition) is 3. The molecule has 0 unspecified atom stereocenters. The number of carbonyl (C=O) groups excluding carboxylic acids is 1. The Morgan fingerprint density at radius 2 is 2.00 bits per heavy atom. The molecule has 1 saturated carbocycles. The second kappa shape index (κ2) is 6.14. The fourth-order valence-corrected chi connectivity index (χ4v) is 2.74. The minimum absolute atomic E-state index is 0.0585. The van der Waals surface area contributed by atoms with Gasteiger partial charge in [-0.3, -0.25) is 14.6 Å². The Balaban J connectivity index is 1.91. The second-order valence-electron chi connectivity index (χ2n) is 4.72. The molecule has 2 N–H and O–H groups in total. The molecule has 102 valence electrons. The van der Waals surface area contributed by atoms with Crippen LogP contribution < -0.4 is 5.32 Å². The highest BCUT2D eigenvalue weighted by Crippen LogP contribution is 2.25. The summed E-state index contributed by atoms with van der Waals surface area (Å²) in [6, 6.07) is 1.71. The summed E-state index contributed by atoms with van der Waals surface area (Å²) >= 11 is 3.29. The van der Waals surface area contributed by atoms with Crippen LogP contribution in [0.15, 0.2) is 22.9 Å². The van der Waals surface area contributed by atoms with Crippen molar-refractivity contribution >= 4 is 27.8 Å². The first kappa shape index (κ1) is 14.0. The highest BCUT2D eigenvalue weighted by atomic mass is 79.9. The molecule has 1 aliphatic rings. The Bertz CT molecular complexity index is 485. The quantitative estimate of drug-likeness (QED) is 0.892. The van der Waals surface area contributed by atoms with Gasteiger partial charge in [-0.1, -0.05) is 0 Å². The van der Waals surface area contributed by atoms with Gasteiger partial charge in [0.05, 0.1) is 11.5 Å². The van der Waals surface area contributed by atoms with Crippen LogP contribution >= 0.6 is 15.9 Å². The lowest BCUT2D eigenvalue weighted by Crippen LogP contribution is -2.38. The van der Waals surface area contributed by atoms with Crippen LogP contribution in [0, 0.1) is 5.92 Å². The van der Waals surface area contributed by atoms with Crippen LogP contribution in [0.2, 0.25) is 0 Å². The van der Waals surface area contributed by atoms with Gasteiger partial charge in [-0.15, -0.1) is 0 Å². The van der Waals surface area contributed by atoms with Crippen molar-refractivity contribution in [3.05, 3.63) is 28.5 Å². The van der Waals surface area contributed by atoms with E-state index in [9.17, 15) is 9.59 Å². The zero-order valence-electron chi connectivity index (χ0n) is 10.3. The van der Waals surface area contributed by atoms with Crippen LogP contribution in [-0.2, 0) is 4.79 Å². The van der Waals surface area contributed by atoms with Crippen molar-refractivity contribution in [1.82, 2.24) is 10.3 Å². The van der Waals surface area contributed by atoms with Crippen LogP contribution in [0.3, 0.4) is 0 Å². The molecular weight excluding hydrogens is 312 g/mol. The smallest absolute Gasteiger partial charge is 0.306 e. The van der Waals surface area contributed by atoms with Crippen molar-refractivity contribution in [2.75, 3.05) is 0 Å². The summed E-state index contributed by atoms with van der Waals surface area (Å²) in [5, 5.41) is 11.9. The average Bonchev–Trinajstić information content (AvgIpc) is 2.39. The third-order valence-corrected chi connectivity index (χ3v) is 4.06. The van der Waals surface area contributed by atoms with Crippen molar-refractivity contribution in [1.29, 1.82) is 0 Å². The van der Waals surface area contributed by atoms with E-state index in [2.05, 4.69) is 26.2 Å². The number of nitrogens with zero attached hydrogens (tertiary/aromatic N) is 1. The van der Waals surface area contributed by atoms with Gasteiger partial charge >= 0.3 is 5.97 Å². The summed E-state index contributed by atoms with van der Waals surface area (Å²) in [6.45, 7) is 0. The number of aliphatic carboxylic acids is 1. The average molecular weight is 327 g/mol. The fourth-order valence-electron chi connectivity index (χ4n) is 2.31. The molecule has 19 heavy (non-hydrogen) atoms. The first-order valence-corrected chi connectivity index (χ1v) is 7.00. The van der Waals surface area contributed by atoms with E-state index >= 15 is 0 Å². The zero-order chi connectivity index (χ0) is 13.8. The SMILES string of the molecule is O=C(NC1CCC(C(=O)O)CC1)c1ccncc1Br. The van der Waals surface area contributed by atoms with Crippen LogP contribution in [0.4, 0.5) is 0 Å². The van der Waals surface area contributed by atoms with Gasteiger partial charge in [0.2, 0.25) is 0 Å². The number of aromatic nitrogens is 1. The number of amides is 1. The Kier molecular flexibility index (Phi) is 4.52. The molecule has 1 heterocycles. The molecule has 1 fully saturated rings. The van der Waals surface area contributed by atoms with Gasteiger partial charge in [0.1, 0.15) is 0 Å². The van der Waals surface area contributed by atoms with Gasteiger partial charge in [-0.2, -0.15) is 0 Å². The minimum Gasteiger partial charge on any atom is -0.481 e. The van der Waals surface area contributed by atoms with E-state index in [1.54, 1.807) is 18.5 Å². The van der Waals surface area contributed by atoms with Gasteiger partial charge in [0.15, 0.2) is 0 Å². The summed E-state index contributed by atoms with van der Waals surface area (Å²) in [7, 11) is 0. The molecule has 0 saturated heterocycles. The summed E-state index contributed by atoms with van der Waals surface area (Å²) in [4.78, 5) is 26.8. The first-order valence-electron chi connectivity index (χ1n) is 6.21. The molecule has 1 amide bonds. The van der Waals surface area contributed by atoms with Crippen molar-refractivity contribution < 1.29 is 14.7 Å². The maximum absolute atomic E-state index is 12.1. The number of carboxylic acid groups (broad SMARTS) is 1. The number of hydrogen-bond donors (Lipinski definition) is 2. The van der Waals surface area contributed by atoms with Gasteiger partial charge < -0.3 is 10.4 Å². The molecule has 0 atom stereocenters. The molecule has 0 radical (unpaired) electrons. The highest BCUT2D eigenvalue weighted by molar-refractivity contribution is 9.10. The van der Waals surface area contributed by atoms with Crippen molar-refractivity contribution in [3.8, 4) is 0 Å². The van der Waals surface area contributed by atoms with Gasteiger partial charge in [0.25, 0.3) is 5.91 Å². The highest BCUT2D eigenvalue weighted by Gasteiger charge is 2.27. The molecule has 0 bridgehead atoms. The lowest BCUT2D eigenvalue weighted by atomic mass is 9.86. The Morgan fingerprint density at radius 1 is 1.32 bits per heavy atom. The topological polar surface area (TPSA) is 79.3 Å². The first-order chi connectivity index (χ1) is 9.08. The Labute approximate surface area is 119 Å². The minimum atomic E-state index is -0.735. The van der Waals surface area contributed by atoms with E-state index in [1.165, 1.54) is 0 Å². The van der Waals surface area contributed by atoms with E-state index in [0.717, 1.165) is 0 Å². The van der Waals surface area contributed by atoms with E-state index in [1.807, 2.05) is 0 Å². The van der Waals surface area contributed by atoms with E-state index in [4.69, 9.17) is 5.11 Å². The third kappa shape index (κ3) is 3.53. The number of halogens is 1. The maximum atomic E-state index is 12.1. The summed E-state index contributed by atoms with van der Waals surface area (Å²) in [5.41, 5.74) is 0.551. The van der Waals surface area contributed by atoms with E-state index < -0.39 is 5.97 Å². The number of rotatable bonds is 3. The fraction of sp³-hybridized carbons (Fsp3) is 0.462. The monoisotopic (exact) mass is 326 g/mol. The Morgan fingerprint density at radius 3 is 2.58 bits per heavy atom. The second-order valence-corrected chi connectivity index (χ2v) is 5.57. The predicted molar refractivity (Wildman–Crippen MR) is 72.8 cm³/mol. The standard InChI is InChI=1S/C13H15BrN2O3/c14-11-7-15-6-5-10(11)12(17)16-9-3-1-8(2-4-9)13(18)19/h5-9H,1-4H2,(H,16,17)(H,18,19). The molecule has 6 heteroatoms. The molecule has 2 rings (SSSR count). The molecular formula is C13H15BrN2O3. The third-order valence-electron chi connectivity index (χ3n) is 3.43. The predicted octanol–water partition coefficient (Wildman–Crippen LogP) is 2.22. The summed E-state index contributed by atoms with van der Waals surface area (Å²) in [6.07, 6.45) is 5.82. The van der Waals surface area contributed by atoms with Gasteiger partial charge in [0, 0.05) is 22.9 Å². The van der Waals surface area contributed by atoms with Crippen molar-refractivity contribution in [3.63, 3.8) is 0 Å². The Hall–Kier alpha value is -1.43. The largest absolute Gasteiger partial charge is 0.481 e. The van der Waals surface area contributed by atoms with E-state index in [-0.39, 0.29) is 17.9 Å². The van der Waals surface area contributed by atoms with Crippen LogP contribution in [0.5, 0.6) is 0 Å². The number of carbonyl (C=O) groups is 2. The molecule has 0 spiro atoms. The molecule has 1 aromatic heterocycles. The maximum Gasteiger partial charge on any atom is 0.306 e. The molecule has 1 aliphatic carbocycles. The van der Waals surface area contributed by atoms with Crippen LogP contribution in [0.25, 0.3) is 0 Å². The van der Waals surface area contributed by atoms with Crippen molar-refractivity contribution in [2.45, 2.75) is 31.7 Å². The van der Waals surface area contributed by atoms with Crippen LogP contribution in [-0.4, -0.2) is 28.0 Å². The zero-order valence-corrected chi connectivity index (χ0v) is 11.9. The van der Waals surface area contributed by atoms with Crippen LogP contribution in [0.1, 0.15) is 36.0 Å². The van der Waals surface area contributed by atoms with Crippen molar-refractivity contribution in [2.24, 2.45) is 5.92 Å². The molecule has 5 nitrogen and oxygen atoms in total. The number of pyridine rings is 1. The number of nitrogens with one attached hydrogen (secondary N) is 1. The lowest BCUT2D eigenvalue weighted by molar-refractivity contribution is -0.142. The van der Waals surface area contributed by atoms with E-state index in [0.29, 0.717) is 35.7 Å². The molecule has 0 aliphatic heterocycles. The normalized spacial score (nSPS) is 22.8. The number of carboxylic acids is 1.